The van der Waals surface area contributed by atoms with Crippen molar-refractivity contribution in [3.63, 3.8) is 0 Å². The lowest BCUT2D eigenvalue weighted by Gasteiger charge is -2.18. The molecule has 1 heterocycles. The van der Waals surface area contributed by atoms with E-state index in [1.807, 2.05) is 18.7 Å². The van der Waals surface area contributed by atoms with Gasteiger partial charge in [-0.2, -0.15) is 0 Å². The lowest BCUT2D eigenvalue weighted by molar-refractivity contribution is 0.509. The molecule has 1 aromatic heterocycles. The molecule has 12 heavy (non-hydrogen) atoms. The summed E-state index contributed by atoms with van der Waals surface area (Å²) >= 11 is 0. The van der Waals surface area contributed by atoms with Gasteiger partial charge in [-0.1, -0.05) is 0 Å². The van der Waals surface area contributed by atoms with Crippen LogP contribution in [0.15, 0.2) is 27.6 Å². The highest BCUT2D eigenvalue weighted by Gasteiger charge is 2.05. The largest absolute Gasteiger partial charge is 0.430 e. The molecule has 0 bridgehead atoms. The molecule has 1 aromatic rings. The van der Waals surface area contributed by atoms with Crippen molar-refractivity contribution in [1.82, 2.24) is 0 Å². The third-order valence-electron chi connectivity index (χ3n) is 1.82. The van der Waals surface area contributed by atoms with E-state index < -0.39 is 0 Å². The van der Waals surface area contributed by atoms with Gasteiger partial charge in [-0.05, 0) is 26.0 Å². The first-order chi connectivity index (χ1) is 5.79. The molecule has 0 fully saturated rings. The third-order valence-corrected chi connectivity index (χ3v) is 1.82. The molecular formula is C9H13NO2. The minimum absolute atomic E-state index is 0.263. The fourth-order valence-corrected chi connectivity index (χ4v) is 1.16. The van der Waals surface area contributed by atoms with Crippen molar-refractivity contribution in [3.05, 3.63) is 28.8 Å². The van der Waals surface area contributed by atoms with Gasteiger partial charge in [0.1, 0.15) is 5.69 Å². The van der Waals surface area contributed by atoms with E-state index in [2.05, 4.69) is 0 Å². The van der Waals surface area contributed by atoms with Gasteiger partial charge in [0, 0.05) is 13.1 Å². The van der Waals surface area contributed by atoms with Crippen molar-refractivity contribution in [2.24, 2.45) is 0 Å². The number of anilines is 1. The summed E-state index contributed by atoms with van der Waals surface area (Å²) in [5.41, 5.74) is 0.378. The Hall–Kier alpha value is -1.25. The highest BCUT2D eigenvalue weighted by atomic mass is 16.4. The van der Waals surface area contributed by atoms with Gasteiger partial charge >= 0.3 is 5.63 Å². The van der Waals surface area contributed by atoms with Crippen LogP contribution < -0.4 is 10.5 Å². The fourth-order valence-electron chi connectivity index (χ4n) is 1.16. The van der Waals surface area contributed by atoms with Gasteiger partial charge in [0.25, 0.3) is 0 Å². The smallest absolute Gasteiger partial charge is 0.359 e. The van der Waals surface area contributed by atoms with Crippen LogP contribution >= 0.6 is 0 Å². The Labute approximate surface area is 71.6 Å². The maximum absolute atomic E-state index is 11.2. The lowest BCUT2D eigenvalue weighted by Crippen LogP contribution is -2.26. The Kier molecular flexibility index (Phi) is 2.91. The zero-order valence-electron chi connectivity index (χ0n) is 7.41. The summed E-state index contributed by atoms with van der Waals surface area (Å²) in [5, 5.41) is 0. The van der Waals surface area contributed by atoms with E-state index in [1.54, 1.807) is 12.1 Å². The Morgan fingerprint density at radius 3 is 2.58 bits per heavy atom. The van der Waals surface area contributed by atoms with Crippen molar-refractivity contribution >= 4 is 5.69 Å². The van der Waals surface area contributed by atoms with Crippen LogP contribution in [0.3, 0.4) is 0 Å². The molecule has 0 aliphatic carbocycles. The van der Waals surface area contributed by atoms with Crippen molar-refractivity contribution in [2.45, 2.75) is 13.8 Å². The van der Waals surface area contributed by atoms with Gasteiger partial charge in [-0.15, -0.1) is 0 Å². The molecule has 3 nitrogen and oxygen atoms in total. The quantitative estimate of drug-likeness (QED) is 0.683. The zero-order valence-corrected chi connectivity index (χ0v) is 7.41. The SMILES string of the molecule is CCN(CC)c1cccoc1=O. The molecule has 0 aliphatic heterocycles. The van der Waals surface area contributed by atoms with E-state index in [0.717, 1.165) is 13.1 Å². The summed E-state index contributed by atoms with van der Waals surface area (Å²) in [6.45, 7) is 5.67. The van der Waals surface area contributed by atoms with Crippen LogP contribution in [0, 0.1) is 0 Å². The Morgan fingerprint density at radius 2 is 2.08 bits per heavy atom. The van der Waals surface area contributed by atoms with Crippen LogP contribution in [0.4, 0.5) is 5.69 Å². The molecule has 0 unspecified atom stereocenters. The highest BCUT2D eigenvalue weighted by Crippen LogP contribution is 2.05. The standard InChI is InChI=1S/C9H13NO2/c1-3-10(4-2)8-6-5-7-12-9(8)11/h5-7H,3-4H2,1-2H3. The van der Waals surface area contributed by atoms with Crippen LogP contribution in [0.5, 0.6) is 0 Å². The minimum atomic E-state index is -0.263. The first-order valence-electron chi connectivity index (χ1n) is 4.12. The lowest BCUT2D eigenvalue weighted by atomic mass is 10.4. The monoisotopic (exact) mass is 167 g/mol. The first kappa shape index (κ1) is 8.84. The van der Waals surface area contributed by atoms with E-state index in [1.165, 1.54) is 6.26 Å². The van der Waals surface area contributed by atoms with Gasteiger partial charge in [0.15, 0.2) is 0 Å². The zero-order chi connectivity index (χ0) is 8.97. The molecule has 0 N–H and O–H groups in total. The van der Waals surface area contributed by atoms with Crippen LogP contribution in [0.25, 0.3) is 0 Å². The number of hydrogen-bond donors (Lipinski definition) is 0. The van der Waals surface area contributed by atoms with Gasteiger partial charge < -0.3 is 9.32 Å². The molecule has 0 amide bonds. The second-order valence-electron chi connectivity index (χ2n) is 2.46. The predicted molar refractivity (Wildman–Crippen MR) is 48.5 cm³/mol. The average Bonchev–Trinajstić information content (AvgIpc) is 2.10. The maximum Gasteiger partial charge on any atom is 0.359 e. The average molecular weight is 167 g/mol. The third kappa shape index (κ3) is 1.67. The van der Waals surface area contributed by atoms with E-state index in [9.17, 15) is 4.79 Å². The van der Waals surface area contributed by atoms with Crippen molar-refractivity contribution < 1.29 is 4.42 Å². The molecule has 0 saturated heterocycles. The summed E-state index contributed by atoms with van der Waals surface area (Å²) in [6, 6.07) is 3.51. The van der Waals surface area contributed by atoms with Crippen LogP contribution in [-0.2, 0) is 0 Å². The van der Waals surface area contributed by atoms with Gasteiger partial charge in [-0.25, -0.2) is 4.79 Å². The van der Waals surface area contributed by atoms with Crippen molar-refractivity contribution in [1.29, 1.82) is 0 Å². The maximum atomic E-state index is 11.2. The second-order valence-corrected chi connectivity index (χ2v) is 2.46. The van der Waals surface area contributed by atoms with Gasteiger partial charge in [0.05, 0.1) is 6.26 Å². The molecule has 0 radical (unpaired) electrons. The van der Waals surface area contributed by atoms with Crippen LogP contribution in [0.2, 0.25) is 0 Å². The topological polar surface area (TPSA) is 33.5 Å². The summed E-state index contributed by atoms with van der Waals surface area (Å²) in [7, 11) is 0. The number of hydrogen-bond acceptors (Lipinski definition) is 3. The van der Waals surface area contributed by atoms with E-state index in [0.29, 0.717) is 5.69 Å². The van der Waals surface area contributed by atoms with E-state index >= 15 is 0 Å². The Morgan fingerprint density at radius 1 is 1.42 bits per heavy atom. The molecule has 0 spiro atoms. The Balaban J connectivity index is 3.00. The summed E-state index contributed by atoms with van der Waals surface area (Å²) in [6.07, 6.45) is 1.40. The predicted octanol–water partition coefficient (Wildman–Crippen LogP) is 1.49. The molecule has 0 atom stereocenters. The highest BCUT2D eigenvalue weighted by molar-refractivity contribution is 5.42. The van der Waals surface area contributed by atoms with Crippen LogP contribution in [-0.4, -0.2) is 13.1 Å². The molecule has 66 valence electrons. The van der Waals surface area contributed by atoms with Crippen molar-refractivity contribution in [3.8, 4) is 0 Å². The molecular weight excluding hydrogens is 154 g/mol. The normalized spacial score (nSPS) is 9.83. The summed E-state index contributed by atoms with van der Waals surface area (Å²) in [5.74, 6) is 0. The van der Waals surface area contributed by atoms with Crippen LogP contribution in [0.1, 0.15) is 13.8 Å². The number of rotatable bonds is 3. The van der Waals surface area contributed by atoms with Crippen molar-refractivity contribution in [2.75, 3.05) is 18.0 Å². The number of nitrogens with zero attached hydrogens (tertiary/aromatic N) is 1. The van der Waals surface area contributed by atoms with E-state index in [-0.39, 0.29) is 5.63 Å². The second kappa shape index (κ2) is 3.95. The molecule has 0 saturated carbocycles. The minimum Gasteiger partial charge on any atom is -0.430 e. The molecule has 1 rings (SSSR count). The van der Waals surface area contributed by atoms with Gasteiger partial charge in [-0.3, -0.25) is 0 Å². The summed E-state index contributed by atoms with van der Waals surface area (Å²) in [4.78, 5) is 13.1. The van der Waals surface area contributed by atoms with Gasteiger partial charge in [0.2, 0.25) is 0 Å². The molecule has 0 aromatic carbocycles. The molecule has 0 aliphatic rings. The van der Waals surface area contributed by atoms with E-state index in [4.69, 9.17) is 4.42 Å². The fraction of sp³-hybridized carbons (Fsp3) is 0.444. The molecule has 3 heteroatoms. The first-order valence-corrected chi connectivity index (χ1v) is 4.12. The summed E-state index contributed by atoms with van der Waals surface area (Å²) < 4.78 is 4.75. The Bertz CT molecular complexity index is 289.